The van der Waals surface area contributed by atoms with Gasteiger partial charge in [-0.1, -0.05) is 0 Å². The Labute approximate surface area is 121 Å². The van der Waals surface area contributed by atoms with Crippen LogP contribution in [0.25, 0.3) is 0 Å². The predicted octanol–water partition coefficient (Wildman–Crippen LogP) is 3.44. The summed E-state index contributed by atoms with van der Waals surface area (Å²) in [6.45, 7) is 3.46. The standard InChI is InChI=1S/C15H19F4NO/c1-10(21)12-2-4-20(5-3-12)9-11-6-13(15(17,18)19)8-14(16)7-11/h6-8,10,12,21H,2-5,9H2,1H3. The van der Waals surface area contributed by atoms with E-state index in [1.165, 1.54) is 0 Å². The molecule has 0 aromatic heterocycles. The van der Waals surface area contributed by atoms with E-state index in [0.717, 1.165) is 25.0 Å². The third kappa shape index (κ3) is 4.41. The maximum absolute atomic E-state index is 13.3. The minimum absolute atomic E-state index is 0.236. The second kappa shape index (κ2) is 6.32. The third-order valence-corrected chi connectivity index (χ3v) is 4.01. The minimum atomic E-state index is -4.53. The van der Waals surface area contributed by atoms with Crippen molar-refractivity contribution in [2.75, 3.05) is 13.1 Å². The molecule has 2 rings (SSSR count). The van der Waals surface area contributed by atoms with Crippen LogP contribution in [-0.4, -0.2) is 29.2 Å². The number of likely N-dealkylation sites (tertiary alicyclic amines) is 1. The lowest BCUT2D eigenvalue weighted by molar-refractivity contribution is -0.137. The molecule has 1 aromatic rings. The maximum Gasteiger partial charge on any atom is 0.416 e. The van der Waals surface area contributed by atoms with Crippen LogP contribution in [0.5, 0.6) is 0 Å². The van der Waals surface area contributed by atoms with Crippen molar-refractivity contribution in [3.8, 4) is 0 Å². The van der Waals surface area contributed by atoms with Gasteiger partial charge < -0.3 is 5.11 Å². The number of halogens is 4. The van der Waals surface area contributed by atoms with E-state index >= 15 is 0 Å². The molecule has 2 nitrogen and oxygen atoms in total. The van der Waals surface area contributed by atoms with Gasteiger partial charge in [0.05, 0.1) is 11.7 Å². The molecule has 0 spiro atoms. The summed E-state index contributed by atoms with van der Waals surface area (Å²) in [5, 5.41) is 9.52. The van der Waals surface area contributed by atoms with E-state index in [9.17, 15) is 22.7 Å². The average molecular weight is 305 g/mol. The smallest absolute Gasteiger partial charge is 0.393 e. The molecule has 1 aliphatic rings. The SMILES string of the molecule is CC(O)C1CCN(Cc2cc(F)cc(C(F)(F)F)c2)CC1. The highest BCUT2D eigenvalue weighted by Gasteiger charge is 2.31. The van der Waals surface area contributed by atoms with Gasteiger partial charge in [-0.2, -0.15) is 13.2 Å². The van der Waals surface area contributed by atoms with Crippen LogP contribution < -0.4 is 0 Å². The topological polar surface area (TPSA) is 23.5 Å². The molecule has 1 N–H and O–H groups in total. The van der Waals surface area contributed by atoms with Crippen LogP contribution in [0.2, 0.25) is 0 Å². The molecule has 21 heavy (non-hydrogen) atoms. The van der Waals surface area contributed by atoms with Gasteiger partial charge >= 0.3 is 6.18 Å². The Balaban J connectivity index is 2.02. The van der Waals surface area contributed by atoms with Crippen molar-refractivity contribution in [1.82, 2.24) is 4.90 Å². The number of hydrogen-bond donors (Lipinski definition) is 1. The molecule has 1 atom stereocenters. The van der Waals surface area contributed by atoms with Crippen molar-refractivity contribution < 1.29 is 22.7 Å². The summed E-state index contributed by atoms with van der Waals surface area (Å²) in [5.41, 5.74) is -0.616. The van der Waals surface area contributed by atoms with Crippen molar-refractivity contribution in [1.29, 1.82) is 0 Å². The highest BCUT2D eigenvalue weighted by Crippen LogP contribution is 2.31. The fourth-order valence-electron chi connectivity index (χ4n) is 2.76. The minimum Gasteiger partial charge on any atom is -0.393 e. The van der Waals surface area contributed by atoms with E-state index < -0.39 is 17.6 Å². The zero-order chi connectivity index (χ0) is 15.6. The molecule has 118 valence electrons. The van der Waals surface area contributed by atoms with Crippen molar-refractivity contribution in [2.45, 2.75) is 38.6 Å². The molecule has 0 saturated carbocycles. The average Bonchev–Trinajstić information content (AvgIpc) is 2.37. The number of hydrogen-bond acceptors (Lipinski definition) is 2. The molecule has 6 heteroatoms. The lowest BCUT2D eigenvalue weighted by atomic mass is 9.92. The van der Waals surface area contributed by atoms with Gasteiger partial charge in [0.25, 0.3) is 0 Å². The quantitative estimate of drug-likeness (QED) is 0.865. The molecule has 1 heterocycles. The summed E-state index contributed by atoms with van der Waals surface area (Å²) < 4.78 is 51.3. The van der Waals surface area contributed by atoms with Crippen LogP contribution in [0.4, 0.5) is 17.6 Å². The molecular formula is C15H19F4NO. The summed E-state index contributed by atoms with van der Waals surface area (Å²) in [5.74, 6) is -0.627. The van der Waals surface area contributed by atoms with Crippen molar-refractivity contribution in [3.63, 3.8) is 0 Å². The number of rotatable bonds is 3. The largest absolute Gasteiger partial charge is 0.416 e. The van der Waals surface area contributed by atoms with E-state index in [-0.39, 0.29) is 12.0 Å². The zero-order valence-electron chi connectivity index (χ0n) is 11.8. The molecular weight excluding hydrogens is 286 g/mol. The normalized spacial score (nSPS) is 19.7. The number of nitrogens with zero attached hydrogens (tertiary/aromatic N) is 1. The Morgan fingerprint density at radius 3 is 2.38 bits per heavy atom. The van der Waals surface area contributed by atoms with Gasteiger partial charge in [-0.15, -0.1) is 0 Å². The Bertz CT molecular complexity index is 479. The number of aliphatic hydroxyl groups excluding tert-OH is 1. The number of aliphatic hydroxyl groups is 1. The van der Waals surface area contributed by atoms with E-state index in [2.05, 4.69) is 0 Å². The monoisotopic (exact) mass is 305 g/mol. The van der Waals surface area contributed by atoms with Gasteiger partial charge in [-0.3, -0.25) is 4.90 Å². The first kappa shape index (κ1) is 16.2. The second-order valence-electron chi connectivity index (χ2n) is 5.70. The summed E-state index contributed by atoms with van der Waals surface area (Å²) in [4.78, 5) is 1.99. The lowest BCUT2D eigenvalue weighted by Crippen LogP contribution is -2.36. The lowest BCUT2D eigenvalue weighted by Gasteiger charge is -2.33. The highest BCUT2D eigenvalue weighted by atomic mass is 19.4. The number of alkyl halides is 3. The van der Waals surface area contributed by atoms with Gasteiger partial charge in [0.1, 0.15) is 5.82 Å². The summed E-state index contributed by atoms with van der Waals surface area (Å²) in [6.07, 6.45) is -3.29. The molecule has 1 unspecified atom stereocenters. The first-order valence-electron chi connectivity index (χ1n) is 7.03. The molecule has 0 aliphatic carbocycles. The van der Waals surface area contributed by atoms with Gasteiger partial charge in [0.2, 0.25) is 0 Å². The van der Waals surface area contributed by atoms with Gasteiger partial charge in [0.15, 0.2) is 0 Å². The van der Waals surface area contributed by atoms with E-state index in [4.69, 9.17) is 0 Å². The molecule has 0 radical (unpaired) electrons. The fourth-order valence-corrected chi connectivity index (χ4v) is 2.76. The van der Waals surface area contributed by atoms with Crippen molar-refractivity contribution >= 4 is 0 Å². The van der Waals surface area contributed by atoms with Crippen LogP contribution in [0.15, 0.2) is 18.2 Å². The zero-order valence-corrected chi connectivity index (χ0v) is 11.8. The van der Waals surface area contributed by atoms with Crippen LogP contribution >= 0.6 is 0 Å². The van der Waals surface area contributed by atoms with Crippen LogP contribution in [0.1, 0.15) is 30.9 Å². The molecule has 0 amide bonds. The highest BCUT2D eigenvalue weighted by molar-refractivity contribution is 5.26. The number of piperidine rings is 1. The predicted molar refractivity (Wildman–Crippen MR) is 71.1 cm³/mol. The Morgan fingerprint density at radius 2 is 1.86 bits per heavy atom. The Kier molecular flexibility index (Phi) is 4.88. The summed E-state index contributed by atoms with van der Waals surface area (Å²) in [7, 11) is 0. The first-order chi connectivity index (χ1) is 9.75. The van der Waals surface area contributed by atoms with Crippen molar-refractivity contribution in [2.24, 2.45) is 5.92 Å². The van der Waals surface area contributed by atoms with Crippen molar-refractivity contribution in [3.05, 3.63) is 35.1 Å². The molecule has 1 aliphatic heterocycles. The number of benzene rings is 1. The molecule has 0 bridgehead atoms. The Morgan fingerprint density at radius 1 is 1.24 bits per heavy atom. The maximum atomic E-state index is 13.3. The molecule has 1 saturated heterocycles. The summed E-state index contributed by atoms with van der Waals surface area (Å²) >= 11 is 0. The second-order valence-corrected chi connectivity index (χ2v) is 5.70. The van der Waals surface area contributed by atoms with E-state index in [0.29, 0.717) is 31.3 Å². The molecule has 1 aromatic carbocycles. The first-order valence-corrected chi connectivity index (χ1v) is 7.03. The summed E-state index contributed by atoms with van der Waals surface area (Å²) in [6, 6.07) is 2.67. The van der Waals surface area contributed by atoms with Gasteiger partial charge in [0, 0.05) is 6.54 Å². The third-order valence-electron chi connectivity index (χ3n) is 4.01. The van der Waals surface area contributed by atoms with Crippen LogP contribution in [0, 0.1) is 11.7 Å². The van der Waals surface area contributed by atoms with Crippen LogP contribution in [0.3, 0.4) is 0 Å². The fraction of sp³-hybridized carbons (Fsp3) is 0.600. The Hall–Kier alpha value is -1.14. The van der Waals surface area contributed by atoms with E-state index in [1.54, 1.807) is 6.92 Å². The van der Waals surface area contributed by atoms with Crippen LogP contribution in [-0.2, 0) is 12.7 Å². The van der Waals surface area contributed by atoms with E-state index in [1.807, 2.05) is 4.90 Å². The van der Waals surface area contributed by atoms with Gasteiger partial charge in [-0.05, 0) is 62.5 Å². The van der Waals surface area contributed by atoms with Gasteiger partial charge in [-0.25, -0.2) is 4.39 Å². The molecule has 1 fully saturated rings.